The zero-order valence-electron chi connectivity index (χ0n) is 10.8. The van der Waals surface area contributed by atoms with Crippen LogP contribution in [-0.2, 0) is 20.7 Å². The van der Waals surface area contributed by atoms with Crippen LogP contribution in [0.2, 0.25) is 0 Å². The van der Waals surface area contributed by atoms with Gasteiger partial charge in [-0.3, -0.25) is 4.79 Å². The minimum Gasteiger partial charge on any atom is -0.396 e. The van der Waals surface area contributed by atoms with E-state index in [1.165, 1.54) is 0 Å². The van der Waals surface area contributed by atoms with Crippen LogP contribution in [-0.4, -0.2) is 43.5 Å². The molecule has 0 aliphatic carbocycles. The molecule has 5 heteroatoms. The fourth-order valence-electron chi connectivity index (χ4n) is 1.95. The standard InChI is InChI=1S/C14H19NO4/c16-6-2-4-11-3-1-5-12(9-11)15-14(17)13-10-18-7-8-19-13/h1,3,5,9,13,16H,2,4,6-8,10H2,(H,15,17). The third-order valence-electron chi connectivity index (χ3n) is 2.93. The van der Waals surface area contributed by atoms with Crippen molar-refractivity contribution in [2.24, 2.45) is 0 Å². The zero-order chi connectivity index (χ0) is 13.5. The SMILES string of the molecule is O=C(Nc1cccc(CCCO)c1)C1COCCO1. The van der Waals surface area contributed by atoms with E-state index in [-0.39, 0.29) is 12.5 Å². The van der Waals surface area contributed by atoms with Crippen LogP contribution in [0.4, 0.5) is 5.69 Å². The van der Waals surface area contributed by atoms with E-state index >= 15 is 0 Å². The number of rotatable bonds is 5. The van der Waals surface area contributed by atoms with E-state index in [0.717, 1.165) is 24.1 Å². The number of benzene rings is 1. The van der Waals surface area contributed by atoms with Crippen LogP contribution in [0.3, 0.4) is 0 Å². The third kappa shape index (κ3) is 4.31. The summed E-state index contributed by atoms with van der Waals surface area (Å²) in [7, 11) is 0. The molecule has 1 saturated heterocycles. The highest BCUT2D eigenvalue weighted by atomic mass is 16.6. The van der Waals surface area contributed by atoms with E-state index in [4.69, 9.17) is 14.6 Å². The van der Waals surface area contributed by atoms with Gasteiger partial charge in [0.25, 0.3) is 5.91 Å². The van der Waals surface area contributed by atoms with E-state index in [1.807, 2.05) is 24.3 Å². The van der Waals surface area contributed by atoms with E-state index in [2.05, 4.69) is 5.32 Å². The van der Waals surface area contributed by atoms with Gasteiger partial charge in [-0.1, -0.05) is 12.1 Å². The van der Waals surface area contributed by atoms with E-state index < -0.39 is 6.10 Å². The van der Waals surface area contributed by atoms with Crippen LogP contribution in [0.5, 0.6) is 0 Å². The normalized spacial score (nSPS) is 19.1. The number of nitrogens with one attached hydrogen (secondary N) is 1. The van der Waals surface area contributed by atoms with E-state index in [9.17, 15) is 4.79 Å². The summed E-state index contributed by atoms with van der Waals surface area (Å²) in [5.41, 5.74) is 1.84. The van der Waals surface area contributed by atoms with Gasteiger partial charge < -0.3 is 19.9 Å². The molecule has 1 aromatic rings. The summed E-state index contributed by atoms with van der Waals surface area (Å²) in [6.07, 6.45) is 0.982. The maximum absolute atomic E-state index is 11.9. The molecule has 0 radical (unpaired) electrons. The molecule has 1 fully saturated rings. The van der Waals surface area contributed by atoms with E-state index in [0.29, 0.717) is 19.8 Å². The number of anilines is 1. The topological polar surface area (TPSA) is 67.8 Å². The van der Waals surface area contributed by atoms with Gasteiger partial charge in [-0.2, -0.15) is 0 Å². The minimum absolute atomic E-state index is 0.170. The molecule has 104 valence electrons. The van der Waals surface area contributed by atoms with Crippen molar-refractivity contribution in [3.05, 3.63) is 29.8 Å². The molecule has 1 unspecified atom stereocenters. The number of carbonyl (C=O) groups excluding carboxylic acids is 1. The smallest absolute Gasteiger partial charge is 0.255 e. The average molecular weight is 265 g/mol. The predicted molar refractivity (Wildman–Crippen MR) is 71.0 cm³/mol. The second-order valence-corrected chi connectivity index (χ2v) is 4.45. The number of amides is 1. The van der Waals surface area contributed by atoms with Crippen LogP contribution in [0.15, 0.2) is 24.3 Å². The lowest BCUT2D eigenvalue weighted by Gasteiger charge is -2.22. The summed E-state index contributed by atoms with van der Waals surface area (Å²) in [6, 6.07) is 7.62. The van der Waals surface area contributed by atoms with Crippen molar-refractivity contribution in [3.8, 4) is 0 Å². The molecule has 2 rings (SSSR count). The molecule has 1 amide bonds. The van der Waals surface area contributed by atoms with Gasteiger partial charge in [0.2, 0.25) is 0 Å². The van der Waals surface area contributed by atoms with Gasteiger partial charge in [-0.05, 0) is 30.5 Å². The van der Waals surface area contributed by atoms with Crippen LogP contribution in [0, 0.1) is 0 Å². The Morgan fingerprint density at radius 2 is 2.32 bits per heavy atom. The largest absolute Gasteiger partial charge is 0.396 e. The quantitative estimate of drug-likeness (QED) is 0.832. The highest BCUT2D eigenvalue weighted by Gasteiger charge is 2.22. The van der Waals surface area contributed by atoms with Gasteiger partial charge in [-0.15, -0.1) is 0 Å². The van der Waals surface area contributed by atoms with Crippen molar-refractivity contribution in [3.63, 3.8) is 0 Å². The minimum atomic E-state index is -0.533. The Hall–Kier alpha value is -1.43. The van der Waals surface area contributed by atoms with Gasteiger partial charge in [0.15, 0.2) is 6.10 Å². The monoisotopic (exact) mass is 265 g/mol. The Morgan fingerprint density at radius 3 is 3.05 bits per heavy atom. The molecular weight excluding hydrogens is 246 g/mol. The number of aryl methyl sites for hydroxylation is 1. The van der Waals surface area contributed by atoms with Gasteiger partial charge in [0, 0.05) is 12.3 Å². The van der Waals surface area contributed by atoms with Crippen LogP contribution < -0.4 is 5.32 Å². The summed E-state index contributed by atoms with van der Waals surface area (Å²) in [5.74, 6) is -0.181. The lowest BCUT2D eigenvalue weighted by atomic mass is 10.1. The predicted octanol–water partition coefficient (Wildman–Crippen LogP) is 0.965. The maximum Gasteiger partial charge on any atom is 0.255 e. The molecule has 1 heterocycles. The number of ether oxygens (including phenoxy) is 2. The average Bonchev–Trinajstić information content (AvgIpc) is 2.46. The fourth-order valence-corrected chi connectivity index (χ4v) is 1.95. The molecule has 0 spiro atoms. The van der Waals surface area contributed by atoms with Crippen LogP contribution in [0.25, 0.3) is 0 Å². The Morgan fingerprint density at radius 1 is 1.42 bits per heavy atom. The molecule has 19 heavy (non-hydrogen) atoms. The molecule has 2 N–H and O–H groups in total. The molecule has 0 aromatic heterocycles. The van der Waals surface area contributed by atoms with Crippen molar-refractivity contribution in [2.75, 3.05) is 31.7 Å². The summed E-state index contributed by atoms with van der Waals surface area (Å²) >= 11 is 0. The fraction of sp³-hybridized carbons (Fsp3) is 0.500. The Balaban J connectivity index is 1.92. The van der Waals surface area contributed by atoms with Crippen molar-refractivity contribution in [1.82, 2.24) is 0 Å². The number of aliphatic hydroxyl groups excluding tert-OH is 1. The molecule has 0 saturated carbocycles. The molecule has 5 nitrogen and oxygen atoms in total. The summed E-state index contributed by atoms with van der Waals surface area (Å²) in [4.78, 5) is 11.9. The summed E-state index contributed by atoms with van der Waals surface area (Å²) in [5, 5.41) is 11.6. The first-order chi connectivity index (χ1) is 9.29. The van der Waals surface area contributed by atoms with Gasteiger partial charge in [-0.25, -0.2) is 0 Å². The van der Waals surface area contributed by atoms with Crippen molar-refractivity contribution >= 4 is 11.6 Å². The molecule has 1 aliphatic rings. The molecule has 1 aromatic carbocycles. The molecule has 0 bridgehead atoms. The number of carbonyl (C=O) groups is 1. The highest BCUT2D eigenvalue weighted by Crippen LogP contribution is 2.13. The zero-order valence-corrected chi connectivity index (χ0v) is 10.8. The first kappa shape index (κ1) is 14.0. The van der Waals surface area contributed by atoms with Crippen LogP contribution in [0.1, 0.15) is 12.0 Å². The van der Waals surface area contributed by atoms with Crippen LogP contribution >= 0.6 is 0 Å². The summed E-state index contributed by atoms with van der Waals surface area (Å²) < 4.78 is 10.5. The Kier molecular flexibility index (Phi) is 5.32. The maximum atomic E-state index is 11.9. The molecule has 1 atom stereocenters. The highest BCUT2D eigenvalue weighted by molar-refractivity contribution is 5.94. The van der Waals surface area contributed by atoms with Crippen molar-refractivity contribution in [2.45, 2.75) is 18.9 Å². The third-order valence-corrected chi connectivity index (χ3v) is 2.93. The van der Waals surface area contributed by atoms with Crippen molar-refractivity contribution < 1.29 is 19.4 Å². The van der Waals surface area contributed by atoms with Gasteiger partial charge in [0.1, 0.15) is 0 Å². The number of hydrogen-bond acceptors (Lipinski definition) is 4. The first-order valence-corrected chi connectivity index (χ1v) is 6.49. The second kappa shape index (κ2) is 7.23. The van der Waals surface area contributed by atoms with E-state index in [1.54, 1.807) is 0 Å². The lowest BCUT2D eigenvalue weighted by Crippen LogP contribution is -2.39. The Labute approximate surface area is 112 Å². The first-order valence-electron chi connectivity index (χ1n) is 6.49. The van der Waals surface area contributed by atoms with Gasteiger partial charge in [0.05, 0.1) is 19.8 Å². The summed E-state index contributed by atoms with van der Waals surface area (Å²) in [6.45, 7) is 1.47. The molecular formula is C14H19NO4. The molecule has 1 aliphatic heterocycles. The second-order valence-electron chi connectivity index (χ2n) is 4.45. The van der Waals surface area contributed by atoms with Crippen molar-refractivity contribution in [1.29, 1.82) is 0 Å². The number of hydrogen-bond donors (Lipinski definition) is 2. The number of aliphatic hydroxyl groups is 1. The Bertz CT molecular complexity index is 416. The lowest BCUT2D eigenvalue weighted by molar-refractivity contribution is -0.142. The van der Waals surface area contributed by atoms with Gasteiger partial charge >= 0.3 is 0 Å².